The summed E-state index contributed by atoms with van der Waals surface area (Å²) in [6.07, 6.45) is 0. The van der Waals surface area contributed by atoms with E-state index in [2.05, 4.69) is 10.3 Å². The van der Waals surface area contributed by atoms with Crippen molar-refractivity contribution in [3.63, 3.8) is 0 Å². The number of benzene rings is 3. The van der Waals surface area contributed by atoms with Gasteiger partial charge in [-0.2, -0.15) is 4.98 Å². The van der Waals surface area contributed by atoms with Crippen LogP contribution >= 0.6 is 35.4 Å². The fourth-order valence-electron chi connectivity index (χ4n) is 3.08. The van der Waals surface area contributed by atoms with Crippen LogP contribution in [0.4, 0.5) is 5.69 Å². The Bertz CT molecular complexity index is 1250. The first-order chi connectivity index (χ1) is 14.5. The zero-order chi connectivity index (χ0) is 21.1. The molecule has 4 aromatic rings. The van der Waals surface area contributed by atoms with Crippen LogP contribution in [0.25, 0.3) is 17.1 Å². The van der Waals surface area contributed by atoms with Crippen LogP contribution in [-0.4, -0.2) is 20.3 Å². The summed E-state index contributed by atoms with van der Waals surface area (Å²) in [5.41, 5.74) is 2.16. The molecule has 0 aliphatic rings. The minimum Gasteiger partial charge on any atom is -0.323 e. The predicted octanol–water partition coefficient (Wildman–Crippen LogP) is 6.02. The number of halogens is 2. The minimum atomic E-state index is -0.270. The van der Waals surface area contributed by atoms with E-state index in [1.807, 2.05) is 60.7 Å². The summed E-state index contributed by atoms with van der Waals surface area (Å²) < 4.78 is 3.87. The lowest BCUT2D eigenvalue weighted by atomic mass is 10.2. The number of nitrogens with zero attached hydrogens (tertiary/aromatic N) is 3. The van der Waals surface area contributed by atoms with E-state index in [4.69, 9.17) is 35.4 Å². The van der Waals surface area contributed by atoms with Crippen molar-refractivity contribution in [2.24, 2.45) is 0 Å². The van der Waals surface area contributed by atoms with Crippen molar-refractivity contribution < 1.29 is 4.79 Å². The van der Waals surface area contributed by atoms with Crippen LogP contribution in [0.2, 0.25) is 10.0 Å². The van der Waals surface area contributed by atoms with Crippen molar-refractivity contribution in [1.82, 2.24) is 14.3 Å². The number of hydrogen-bond donors (Lipinski definition) is 1. The third-order valence-corrected chi connectivity index (χ3v) is 5.21. The van der Waals surface area contributed by atoms with E-state index in [0.717, 1.165) is 11.3 Å². The van der Waals surface area contributed by atoms with Gasteiger partial charge < -0.3 is 5.32 Å². The molecule has 0 saturated heterocycles. The molecular formula is C22H16Cl2N4OS. The molecule has 1 amide bonds. The summed E-state index contributed by atoms with van der Waals surface area (Å²) in [5, 5.41) is 3.69. The molecule has 0 saturated carbocycles. The maximum absolute atomic E-state index is 12.9. The Kier molecular flexibility index (Phi) is 5.99. The van der Waals surface area contributed by atoms with E-state index in [1.165, 1.54) is 0 Å². The minimum absolute atomic E-state index is 0.0122. The maximum Gasteiger partial charge on any atom is 0.246 e. The Labute approximate surface area is 188 Å². The largest absolute Gasteiger partial charge is 0.323 e. The molecule has 1 N–H and O–H groups in total. The van der Waals surface area contributed by atoms with E-state index < -0.39 is 0 Å². The van der Waals surface area contributed by atoms with Crippen molar-refractivity contribution in [3.05, 3.63) is 93.7 Å². The summed E-state index contributed by atoms with van der Waals surface area (Å²) in [6.45, 7) is -0.0122. The smallest absolute Gasteiger partial charge is 0.246 e. The van der Waals surface area contributed by atoms with Crippen LogP contribution in [0.3, 0.4) is 0 Å². The third kappa shape index (κ3) is 4.31. The van der Waals surface area contributed by atoms with Crippen molar-refractivity contribution in [3.8, 4) is 17.1 Å². The summed E-state index contributed by atoms with van der Waals surface area (Å²) in [7, 11) is 0. The zero-order valence-corrected chi connectivity index (χ0v) is 18.0. The molecule has 150 valence electrons. The normalized spacial score (nSPS) is 10.7. The average molecular weight is 455 g/mol. The van der Waals surface area contributed by atoms with Gasteiger partial charge >= 0.3 is 0 Å². The summed E-state index contributed by atoms with van der Waals surface area (Å²) in [5.74, 6) is 0.329. The van der Waals surface area contributed by atoms with E-state index >= 15 is 0 Å². The number of para-hydroxylation sites is 1. The van der Waals surface area contributed by atoms with Crippen molar-refractivity contribution in [2.75, 3.05) is 5.32 Å². The first-order valence-electron chi connectivity index (χ1n) is 9.08. The van der Waals surface area contributed by atoms with Crippen molar-refractivity contribution in [2.45, 2.75) is 6.54 Å². The van der Waals surface area contributed by atoms with Gasteiger partial charge in [-0.15, -0.1) is 0 Å². The Balaban J connectivity index is 1.75. The Morgan fingerprint density at radius 3 is 2.30 bits per heavy atom. The van der Waals surface area contributed by atoms with Crippen LogP contribution in [0.1, 0.15) is 0 Å². The van der Waals surface area contributed by atoms with Gasteiger partial charge in [0.15, 0.2) is 5.82 Å². The fourth-order valence-corrected chi connectivity index (χ4v) is 3.82. The maximum atomic E-state index is 12.9. The Morgan fingerprint density at radius 2 is 1.63 bits per heavy atom. The number of carbonyl (C=O) groups excluding carboxylic acids is 1. The number of nitrogens with one attached hydrogen (secondary N) is 1. The number of anilines is 1. The molecule has 0 spiro atoms. The molecule has 4 rings (SSSR count). The van der Waals surface area contributed by atoms with Gasteiger partial charge in [0.1, 0.15) is 6.54 Å². The number of rotatable bonds is 5. The summed E-state index contributed by atoms with van der Waals surface area (Å²) in [4.78, 5) is 17.5. The topological polar surface area (TPSA) is 51.9 Å². The molecule has 1 aromatic heterocycles. The van der Waals surface area contributed by atoms with Gasteiger partial charge in [-0.25, -0.2) is 4.68 Å². The molecule has 0 radical (unpaired) electrons. The highest BCUT2D eigenvalue weighted by Crippen LogP contribution is 2.26. The molecule has 1 heterocycles. The number of amides is 1. The van der Waals surface area contributed by atoms with Gasteiger partial charge in [-0.3, -0.25) is 9.48 Å². The molecule has 0 unspecified atom stereocenters. The van der Waals surface area contributed by atoms with E-state index in [-0.39, 0.29) is 12.5 Å². The molecule has 0 aliphatic carbocycles. The van der Waals surface area contributed by atoms with E-state index in [9.17, 15) is 4.79 Å². The number of hydrogen-bond acceptors (Lipinski definition) is 3. The lowest BCUT2D eigenvalue weighted by molar-refractivity contribution is -0.117. The van der Waals surface area contributed by atoms with Crippen molar-refractivity contribution in [1.29, 1.82) is 0 Å². The van der Waals surface area contributed by atoms with Crippen LogP contribution in [0, 0.1) is 4.77 Å². The molecule has 0 bridgehead atoms. The third-order valence-electron chi connectivity index (χ3n) is 4.40. The van der Waals surface area contributed by atoms with Crippen LogP contribution < -0.4 is 5.32 Å². The van der Waals surface area contributed by atoms with Gasteiger partial charge in [-0.05, 0) is 42.5 Å². The van der Waals surface area contributed by atoms with Crippen LogP contribution in [0.15, 0.2) is 78.9 Å². The second kappa shape index (κ2) is 8.83. The fraction of sp³-hybridized carbons (Fsp3) is 0.0455. The first-order valence-corrected chi connectivity index (χ1v) is 10.2. The second-order valence-electron chi connectivity index (χ2n) is 6.46. The molecule has 0 fully saturated rings. The molecular weight excluding hydrogens is 439 g/mol. The zero-order valence-electron chi connectivity index (χ0n) is 15.6. The molecule has 8 heteroatoms. The highest BCUT2D eigenvalue weighted by Gasteiger charge is 2.17. The molecule has 0 atom stereocenters. The highest BCUT2D eigenvalue weighted by molar-refractivity contribution is 7.71. The van der Waals surface area contributed by atoms with Gasteiger partial charge in [0, 0.05) is 10.6 Å². The van der Waals surface area contributed by atoms with Crippen molar-refractivity contribution >= 4 is 47.0 Å². The van der Waals surface area contributed by atoms with Gasteiger partial charge in [0.05, 0.1) is 16.4 Å². The number of aromatic nitrogens is 3. The molecule has 30 heavy (non-hydrogen) atoms. The molecule has 5 nitrogen and oxygen atoms in total. The monoisotopic (exact) mass is 454 g/mol. The van der Waals surface area contributed by atoms with Crippen LogP contribution in [0.5, 0.6) is 0 Å². The lowest BCUT2D eigenvalue weighted by Crippen LogP contribution is -2.24. The number of carbonyl (C=O) groups is 1. The van der Waals surface area contributed by atoms with E-state index in [0.29, 0.717) is 26.3 Å². The quantitative estimate of drug-likeness (QED) is 0.375. The Morgan fingerprint density at radius 1 is 0.967 bits per heavy atom. The second-order valence-corrected chi connectivity index (χ2v) is 7.67. The average Bonchev–Trinajstić information content (AvgIpc) is 3.07. The van der Waals surface area contributed by atoms with Gasteiger partial charge in [0.2, 0.25) is 10.7 Å². The summed E-state index contributed by atoms with van der Waals surface area (Å²) in [6, 6.07) is 24.1. The lowest BCUT2D eigenvalue weighted by Gasteiger charge is -2.15. The van der Waals surface area contributed by atoms with Gasteiger partial charge in [0.25, 0.3) is 0 Å². The summed E-state index contributed by atoms with van der Waals surface area (Å²) >= 11 is 17.7. The predicted molar refractivity (Wildman–Crippen MR) is 123 cm³/mol. The van der Waals surface area contributed by atoms with Gasteiger partial charge in [-0.1, -0.05) is 71.7 Å². The molecule has 0 aliphatic heterocycles. The molecule has 3 aromatic carbocycles. The van der Waals surface area contributed by atoms with E-state index in [1.54, 1.807) is 27.6 Å². The van der Waals surface area contributed by atoms with Crippen LogP contribution in [-0.2, 0) is 11.3 Å². The first kappa shape index (κ1) is 20.3. The standard InChI is InChI=1S/C22H16Cl2N4OS/c23-16-11-12-19(18(24)13-16)25-20(29)14-27-21(15-7-3-1-4-8-15)26-22(30)28(27)17-9-5-2-6-10-17/h1-13H,14H2,(H,25,29). The highest BCUT2D eigenvalue weighted by atomic mass is 35.5. The Hall–Kier alpha value is -2.93. The SMILES string of the molecule is O=C(Cn1c(-c2ccccc2)nc(=S)n1-c1ccccc1)Nc1ccc(Cl)cc1Cl.